The highest BCUT2D eigenvalue weighted by Crippen LogP contribution is 2.22. The molecule has 1 aromatic heterocycles. The lowest BCUT2D eigenvalue weighted by molar-refractivity contribution is 0.248. The quantitative estimate of drug-likeness (QED) is 0.631. The maximum Gasteiger partial charge on any atom is 0.225 e. The standard InChI is InChI=1S/C17H23N5S2/c1-18-15-9-13(3-4-16(15)23)12-21-5-7-22(8-6-21)17-19-10-14(24-2)11-20-17/h3-4,9-11,18,23H,5-8,12H2,1-2H3. The summed E-state index contributed by atoms with van der Waals surface area (Å²) in [5.74, 6) is 0.837. The van der Waals surface area contributed by atoms with Gasteiger partial charge in [0, 0.05) is 67.6 Å². The van der Waals surface area contributed by atoms with E-state index in [9.17, 15) is 0 Å². The van der Waals surface area contributed by atoms with Gasteiger partial charge in [-0.2, -0.15) is 0 Å². The van der Waals surface area contributed by atoms with Crippen LogP contribution in [0, 0.1) is 0 Å². The molecule has 0 radical (unpaired) electrons. The fourth-order valence-corrected chi connectivity index (χ4v) is 3.39. The van der Waals surface area contributed by atoms with Gasteiger partial charge in [-0.25, -0.2) is 9.97 Å². The summed E-state index contributed by atoms with van der Waals surface area (Å²) in [5.41, 5.74) is 2.39. The van der Waals surface area contributed by atoms with Gasteiger partial charge in [-0.3, -0.25) is 4.90 Å². The second-order valence-electron chi connectivity index (χ2n) is 5.79. The summed E-state index contributed by atoms with van der Waals surface area (Å²) >= 11 is 6.13. The highest BCUT2D eigenvalue weighted by atomic mass is 32.2. The molecule has 1 fully saturated rings. The normalized spacial score (nSPS) is 15.5. The van der Waals surface area contributed by atoms with Gasteiger partial charge in [-0.05, 0) is 24.0 Å². The molecule has 128 valence electrons. The molecule has 24 heavy (non-hydrogen) atoms. The van der Waals surface area contributed by atoms with Crippen molar-refractivity contribution < 1.29 is 0 Å². The monoisotopic (exact) mass is 361 g/mol. The molecule has 0 spiro atoms. The molecule has 0 amide bonds. The summed E-state index contributed by atoms with van der Waals surface area (Å²) < 4.78 is 0. The van der Waals surface area contributed by atoms with Gasteiger partial charge in [-0.1, -0.05) is 6.07 Å². The van der Waals surface area contributed by atoms with Gasteiger partial charge in [-0.15, -0.1) is 24.4 Å². The maximum atomic E-state index is 4.47. The van der Waals surface area contributed by atoms with Gasteiger partial charge in [0.2, 0.25) is 5.95 Å². The number of nitrogens with zero attached hydrogens (tertiary/aromatic N) is 4. The van der Waals surface area contributed by atoms with Gasteiger partial charge in [0.1, 0.15) is 0 Å². The van der Waals surface area contributed by atoms with E-state index in [0.29, 0.717) is 0 Å². The van der Waals surface area contributed by atoms with Crippen molar-refractivity contribution in [3.8, 4) is 0 Å². The first-order chi connectivity index (χ1) is 11.7. The Kier molecular flexibility index (Phi) is 5.86. The molecule has 5 nitrogen and oxygen atoms in total. The Labute approximate surface area is 153 Å². The molecule has 0 atom stereocenters. The van der Waals surface area contributed by atoms with Crippen LogP contribution in [0.1, 0.15) is 5.56 Å². The molecule has 0 unspecified atom stereocenters. The predicted molar refractivity (Wildman–Crippen MR) is 105 cm³/mol. The molecule has 7 heteroatoms. The third-order valence-corrected chi connectivity index (χ3v) is 5.31. The van der Waals surface area contributed by atoms with Crippen molar-refractivity contribution >= 4 is 36.0 Å². The van der Waals surface area contributed by atoms with Gasteiger partial charge >= 0.3 is 0 Å². The van der Waals surface area contributed by atoms with Crippen LogP contribution in [0.2, 0.25) is 0 Å². The van der Waals surface area contributed by atoms with Gasteiger partial charge in [0.15, 0.2) is 0 Å². The molecule has 0 bridgehead atoms. The summed E-state index contributed by atoms with van der Waals surface area (Å²) in [6, 6.07) is 6.39. The zero-order valence-electron chi connectivity index (χ0n) is 14.1. The maximum absolute atomic E-state index is 4.47. The van der Waals surface area contributed by atoms with E-state index in [1.165, 1.54) is 5.56 Å². The molecule has 3 rings (SSSR count). The fraction of sp³-hybridized carbons (Fsp3) is 0.412. The van der Waals surface area contributed by atoms with E-state index in [2.05, 4.69) is 55.9 Å². The van der Waals surface area contributed by atoms with Gasteiger partial charge in [0.05, 0.1) is 0 Å². The summed E-state index contributed by atoms with van der Waals surface area (Å²) in [5, 5.41) is 3.19. The lowest BCUT2D eigenvalue weighted by Crippen LogP contribution is -2.46. The highest BCUT2D eigenvalue weighted by Gasteiger charge is 2.19. The number of benzene rings is 1. The van der Waals surface area contributed by atoms with E-state index in [4.69, 9.17) is 0 Å². The Hall–Kier alpha value is -1.44. The minimum atomic E-state index is 0.837. The Morgan fingerprint density at radius 1 is 1.17 bits per heavy atom. The molecule has 2 aromatic rings. The SMILES string of the molecule is CNc1cc(CN2CCN(c3ncc(SC)cn3)CC2)ccc1S. The molecular weight excluding hydrogens is 338 g/mol. The summed E-state index contributed by atoms with van der Waals surface area (Å²) in [7, 11) is 1.93. The van der Waals surface area contributed by atoms with E-state index < -0.39 is 0 Å². The zero-order chi connectivity index (χ0) is 16.9. The number of nitrogens with one attached hydrogen (secondary N) is 1. The number of piperazine rings is 1. The molecule has 0 aliphatic carbocycles. The Morgan fingerprint density at radius 2 is 1.88 bits per heavy atom. The molecule has 2 heterocycles. The largest absolute Gasteiger partial charge is 0.387 e. The molecule has 1 saturated heterocycles. The topological polar surface area (TPSA) is 44.3 Å². The van der Waals surface area contributed by atoms with Crippen LogP contribution in [0.15, 0.2) is 40.4 Å². The molecule has 1 aliphatic rings. The van der Waals surface area contributed by atoms with Crippen LogP contribution >= 0.6 is 24.4 Å². The second-order valence-corrected chi connectivity index (χ2v) is 7.15. The number of aromatic nitrogens is 2. The highest BCUT2D eigenvalue weighted by molar-refractivity contribution is 7.98. The Bertz CT molecular complexity index is 669. The van der Waals surface area contributed by atoms with Crippen molar-refractivity contribution in [2.75, 3.05) is 49.7 Å². The lowest BCUT2D eigenvalue weighted by atomic mass is 10.1. The third-order valence-electron chi connectivity index (χ3n) is 4.24. The van der Waals surface area contributed by atoms with Crippen LogP contribution in [0.5, 0.6) is 0 Å². The molecule has 1 aliphatic heterocycles. The first-order valence-corrected chi connectivity index (χ1v) is 9.70. The van der Waals surface area contributed by atoms with E-state index in [0.717, 1.165) is 54.2 Å². The zero-order valence-corrected chi connectivity index (χ0v) is 15.8. The van der Waals surface area contributed by atoms with Crippen LogP contribution in [-0.2, 0) is 6.54 Å². The van der Waals surface area contributed by atoms with Gasteiger partial charge in [0.25, 0.3) is 0 Å². The van der Waals surface area contributed by atoms with Crippen molar-refractivity contribution in [2.24, 2.45) is 0 Å². The van der Waals surface area contributed by atoms with Crippen molar-refractivity contribution in [3.05, 3.63) is 36.2 Å². The summed E-state index contributed by atoms with van der Waals surface area (Å²) in [6.07, 6.45) is 5.84. The van der Waals surface area contributed by atoms with E-state index in [1.54, 1.807) is 11.8 Å². The van der Waals surface area contributed by atoms with Crippen molar-refractivity contribution in [2.45, 2.75) is 16.3 Å². The van der Waals surface area contributed by atoms with Crippen LogP contribution in [0.4, 0.5) is 11.6 Å². The number of thiol groups is 1. The Morgan fingerprint density at radius 3 is 2.50 bits per heavy atom. The molecule has 1 aromatic carbocycles. The average Bonchev–Trinajstić information content (AvgIpc) is 2.64. The van der Waals surface area contributed by atoms with Crippen molar-refractivity contribution in [1.29, 1.82) is 0 Å². The van der Waals surface area contributed by atoms with Crippen molar-refractivity contribution in [3.63, 3.8) is 0 Å². The van der Waals surface area contributed by atoms with Crippen molar-refractivity contribution in [1.82, 2.24) is 14.9 Å². The van der Waals surface area contributed by atoms with Gasteiger partial charge < -0.3 is 10.2 Å². The molecular formula is C17H23N5S2. The van der Waals surface area contributed by atoms with E-state index >= 15 is 0 Å². The minimum absolute atomic E-state index is 0.837. The molecule has 0 saturated carbocycles. The Balaban J connectivity index is 1.56. The number of hydrogen-bond donors (Lipinski definition) is 2. The lowest BCUT2D eigenvalue weighted by Gasteiger charge is -2.34. The first-order valence-electron chi connectivity index (χ1n) is 8.02. The minimum Gasteiger partial charge on any atom is -0.387 e. The van der Waals surface area contributed by atoms with Crippen LogP contribution < -0.4 is 10.2 Å². The molecule has 1 N–H and O–H groups in total. The predicted octanol–water partition coefficient (Wildman–Crippen LogP) is 2.85. The summed E-state index contributed by atoms with van der Waals surface area (Å²) in [6.45, 7) is 4.92. The van der Waals surface area contributed by atoms with E-state index in [1.807, 2.05) is 25.7 Å². The van der Waals surface area contributed by atoms with Crippen LogP contribution in [0.25, 0.3) is 0 Å². The smallest absolute Gasteiger partial charge is 0.225 e. The third kappa shape index (κ3) is 4.15. The summed E-state index contributed by atoms with van der Waals surface area (Å²) in [4.78, 5) is 15.8. The number of rotatable bonds is 5. The fourth-order valence-electron chi connectivity index (χ4n) is 2.82. The number of anilines is 2. The second kappa shape index (κ2) is 8.09. The van der Waals surface area contributed by atoms with Crippen LogP contribution in [0.3, 0.4) is 0 Å². The van der Waals surface area contributed by atoms with Crippen LogP contribution in [-0.4, -0.2) is 54.4 Å². The van der Waals surface area contributed by atoms with E-state index in [-0.39, 0.29) is 0 Å². The number of hydrogen-bond acceptors (Lipinski definition) is 7. The average molecular weight is 362 g/mol. The first kappa shape index (κ1) is 17.4. The number of thioether (sulfide) groups is 1.